The first-order valence-electron chi connectivity index (χ1n) is 9.64. The van der Waals surface area contributed by atoms with Gasteiger partial charge in [-0.1, -0.05) is 91.0 Å². The summed E-state index contributed by atoms with van der Waals surface area (Å²) in [7, 11) is 0. The van der Waals surface area contributed by atoms with Gasteiger partial charge in [0.15, 0.2) is 0 Å². The van der Waals surface area contributed by atoms with Crippen molar-refractivity contribution in [1.82, 2.24) is 0 Å². The highest BCUT2D eigenvalue weighted by atomic mass is 14.2. The van der Waals surface area contributed by atoms with Crippen LogP contribution in [-0.4, -0.2) is 0 Å². The monoisotopic (exact) mass is 346 g/mol. The lowest BCUT2D eigenvalue weighted by atomic mass is 10.0. The molecule has 0 N–H and O–H groups in total. The number of fused-ring (bicyclic) bond motifs is 6. The minimum Gasteiger partial charge on any atom is -0.0619 e. The van der Waals surface area contributed by atoms with Crippen LogP contribution in [0.1, 0.15) is 27.8 Å². The van der Waals surface area contributed by atoms with Gasteiger partial charge < -0.3 is 0 Å². The number of aryl methyl sites for hydroxylation is 1. The van der Waals surface area contributed by atoms with E-state index in [4.69, 9.17) is 0 Å². The predicted octanol–water partition coefficient (Wildman–Crippen LogP) is 6.82. The average Bonchev–Trinajstić information content (AvgIpc) is 3.28. The molecule has 0 spiro atoms. The van der Waals surface area contributed by atoms with Crippen molar-refractivity contribution in [2.45, 2.75) is 19.8 Å². The molecule has 0 amide bonds. The second-order valence-corrected chi connectivity index (χ2v) is 7.43. The molecule has 0 fully saturated rings. The van der Waals surface area contributed by atoms with Crippen LogP contribution in [0.25, 0.3) is 22.3 Å². The zero-order chi connectivity index (χ0) is 18.2. The summed E-state index contributed by atoms with van der Waals surface area (Å²) in [5.41, 5.74) is 13.0. The van der Waals surface area contributed by atoms with Gasteiger partial charge in [0, 0.05) is 0 Å². The van der Waals surface area contributed by atoms with E-state index in [9.17, 15) is 0 Å². The van der Waals surface area contributed by atoms with Crippen molar-refractivity contribution >= 4 is 0 Å². The first-order chi connectivity index (χ1) is 13.3. The van der Waals surface area contributed by atoms with Crippen LogP contribution in [-0.2, 0) is 12.8 Å². The van der Waals surface area contributed by atoms with Gasteiger partial charge in [0.2, 0.25) is 0 Å². The molecule has 0 heterocycles. The van der Waals surface area contributed by atoms with E-state index in [1.807, 2.05) is 0 Å². The molecule has 0 unspecified atom stereocenters. The molecule has 0 bridgehead atoms. The van der Waals surface area contributed by atoms with Crippen LogP contribution in [0.2, 0.25) is 0 Å². The van der Waals surface area contributed by atoms with Crippen molar-refractivity contribution in [2.24, 2.45) is 0 Å². The highest BCUT2D eigenvalue weighted by Gasteiger charge is 2.18. The smallest absolute Gasteiger partial charge is 0.00108 e. The summed E-state index contributed by atoms with van der Waals surface area (Å²) >= 11 is 0. The van der Waals surface area contributed by atoms with E-state index in [1.54, 1.807) is 0 Å². The molecular formula is C27H22. The van der Waals surface area contributed by atoms with E-state index >= 15 is 0 Å². The standard InChI is InChI=1S/C14H12.C13H10/c1-10-5-4-8-13-12-7-3-2-6-11(12)9-14(10)13;1-3-7-12-10(5-1)9-11-6-2-4-8-13(11)12/h2-8H,9H2,1H3;1-8H,9H2. The third-order valence-corrected chi connectivity index (χ3v) is 5.79. The topological polar surface area (TPSA) is 0 Å². The molecule has 2 aliphatic rings. The summed E-state index contributed by atoms with van der Waals surface area (Å²) in [5.74, 6) is 0. The lowest BCUT2D eigenvalue weighted by Crippen LogP contribution is -1.84. The molecule has 27 heavy (non-hydrogen) atoms. The van der Waals surface area contributed by atoms with Crippen molar-refractivity contribution < 1.29 is 0 Å². The van der Waals surface area contributed by atoms with Gasteiger partial charge in [-0.2, -0.15) is 0 Å². The zero-order valence-corrected chi connectivity index (χ0v) is 15.6. The van der Waals surface area contributed by atoms with E-state index < -0.39 is 0 Å². The Morgan fingerprint density at radius 2 is 0.889 bits per heavy atom. The summed E-state index contributed by atoms with van der Waals surface area (Å²) in [6.07, 6.45) is 2.21. The second kappa shape index (κ2) is 6.55. The molecule has 0 aliphatic heterocycles. The SMILES string of the molecule is Cc1cccc2c1Cc1ccccc1-2.c1ccc2c(c1)Cc1ccccc1-2. The van der Waals surface area contributed by atoms with Crippen LogP contribution in [0.4, 0.5) is 0 Å². The van der Waals surface area contributed by atoms with E-state index in [0.717, 1.165) is 12.8 Å². The molecule has 0 saturated carbocycles. The Hall–Kier alpha value is -3.12. The van der Waals surface area contributed by atoms with Crippen LogP contribution in [0.5, 0.6) is 0 Å². The molecular weight excluding hydrogens is 324 g/mol. The minimum atomic E-state index is 1.10. The highest BCUT2D eigenvalue weighted by Crippen LogP contribution is 2.37. The molecule has 0 radical (unpaired) electrons. The quantitative estimate of drug-likeness (QED) is 0.283. The zero-order valence-electron chi connectivity index (χ0n) is 15.6. The van der Waals surface area contributed by atoms with Gasteiger partial charge in [0.05, 0.1) is 0 Å². The van der Waals surface area contributed by atoms with Crippen LogP contribution in [0.3, 0.4) is 0 Å². The van der Waals surface area contributed by atoms with E-state index in [-0.39, 0.29) is 0 Å². The first-order valence-corrected chi connectivity index (χ1v) is 9.64. The van der Waals surface area contributed by atoms with Gasteiger partial charge >= 0.3 is 0 Å². The molecule has 0 aromatic heterocycles. The molecule has 6 rings (SSSR count). The van der Waals surface area contributed by atoms with Gasteiger partial charge in [0.1, 0.15) is 0 Å². The number of benzene rings is 4. The van der Waals surface area contributed by atoms with Crippen LogP contribution in [0, 0.1) is 6.92 Å². The molecule has 4 aromatic carbocycles. The van der Waals surface area contributed by atoms with Crippen LogP contribution >= 0.6 is 0 Å². The number of hydrogen-bond donors (Lipinski definition) is 0. The summed E-state index contributed by atoms with van der Waals surface area (Å²) in [6, 6.07) is 32.6. The van der Waals surface area contributed by atoms with E-state index in [1.165, 1.54) is 50.1 Å². The van der Waals surface area contributed by atoms with Crippen molar-refractivity contribution in [1.29, 1.82) is 0 Å². The minimum absolute atomic E-state index is 1.10. The summed E-state index contributed by atoms with van der Waals surface area (Å²) < 4.78 is 0. The molecule has 0 nitrogen and oxygen atoms in total. The number of rotatable bonds is 0. The average molecular weight is 346 g/mol. The Balaban J connectivity index is 0.000000119. The molecule has 0 atom stereocenters. The largest absolute Gasteiger partial charge is 0.0619 e. The van der Waals surface area contributed by atoms with Gasteiger partial charge in [-0.25, -0.2) is 0 Å². The third kappa shape index (κ3) is 2.78. The summed E-state index contributed by atoms with van der Waals surface area (Å²) in [6.45, 7) is 2.20. The summed E-state index contributed by atoms with van der Waals surface area (Å²) in [4.78, 5) is 0. The van der Waals surface area contributed by atoms with Crippen LogP contribution in [0.15, 0.2) is 91.0 Å². The fourth-order valence-electron chi connectivity index (χ4n) is 4.40. The maximum absolute atomic E-state index is 2.23. The van der Waals surface area contributed by atoms with Gasteiger partial charge in [-0.15, -0.1) is 0 Å². The molecule has 0 saturated heterocycles. The Bertz CT molecular complexity index is 1090. The van der Waals surface area contributed by atoms with Crippen molar-refractivity contribution in [3.8, 4) is 22.3 Å². The Kier molecular flexibility index (Phi) is 3.90. The normalized spacial score (nSPS) is 12.3. The lowest BCUT2D eigenvalue weighted by molar-refractivity contribution is 1.22. The van der Waals surface area contributed by atoms with Gasteiger partial charge in [0.25, 0.3) is 0 Å². The summed E-state index contributed by atoms with van der Waals surface area (Å²) in [5, 5.41) is 0. The van der Waals surface area contributed by atoms with Crippen LogP contribution < -0.4 is 0 Å². The van der Waals surface area contributed by atoms with E-state index in [0.29, 0.717) is 0 Å². The molecule has 2 aliphatic carbocycles. The predicted molar refractivity (Wildman–Crippen MR) is 114 cm³/mol. The third-order valence-electron chi connectivity index (χ3n) is 5.79. The van der Waals surface area contributed by atoms with Crippen molar-refractivity contribution in [3.63, 3.8) is 0 Å². The fraction of sp³-hybridized carbons (Fsp3) is 0.111. The van der Waals surface area contributed by atoms with E-state index in [2.05, 4.69) is 97.9 Å². The van der Waals surface area contributed by atoms with Crippen molar-refractivity contribution in [2.75, 3.05) is 0 Å². The van der Waals surface area contributed by atoms with Crippen molar-refractivity contribution in [3.05, 3.63) is 119 Å². The molecule has 0 heteroatoms. The number of hydrogen-bond acceptors (Lipinski definition) is 0. The second-order valence-electron chi connectivity index (χ2n) is 7.43. The maximum Gasteiger partial charge on any atom is -0.00108 e. The highest BCUT2D eigenvalue weighted by molar-refractivity contribution is 5.78. The fourth-order valence-corrected chi connectivity index (χ4v) is 4.40. The maximum atomic E-state index is 2.23. The Morgan fingerprint density at radius 3 is 1.48 bits per heavy atom. The Labute approximate surface area is 161 Å². The lowest BCUT2D eigenvalue weighted by Gasteiger charge is -2.02. The van der Waals surface area contributed by atoms with Gasteiger partial charge in [-0.05, 0) is 69.8 Å². The van der Waals surface area contributed by atoms with Gasteiger partial charge in [-0.3, -0.25) is 0 Å². The first kappa shape index (κ1) is 16.1. The molecule has 130 valence electrons. The Morgan fingerprint density at radius 1 is 0.444 bits per heavy atom. The molecule has 4 aromatic rings.